The lowest BCUT2D eigenvalue weighted by Gasteiger charge is -2.06. The molecule has 0 aliphatic heterocycles. The molecule has 0 heterocycles. The second-order valence-electron chi connectivity index (χ2n) is 3.82. The zero-order valence-electron chi connectivity index (χ0n) is 10.5. The van der Waals surface area contributed by atoms with E-state index in [1.807, 2.05) is 0 Å². The molecule has 0 aliphatic rings. The molecule has 1 aromatic carbocycles. The Morgan fingerprint density at radius 1 is 1.40 bits per heavy atom. The molecule has 0 spiro atoms. The average Bonchev–Trinajstić information content (AvgIpc) is 2.34. The van der Waals surface area contributed by atoms with E-state index in [0.717, 1.165) is 12.1 Å². The molecule has 1 rings (SSSR count). The maximum atomic E-state index is 13.1. The van der Waals surface area contributed by atoms with Crippen LogP contribution in [0, 0.1) is 17.7 Å². The van der Waals surface area contributed by atoms with Crippen LogP contribution < -0.4 is 16.2 Å². The summed E-state index contributed by atoms with van der Waals surface area (Å²) in [5, 5.41) is 7.18. The number of nitrogens with two attached hydrogens (primary N) is 2. The highest BCUT2D eigenvalue weighted by Crippen LogP contribution is 2.10. The molecule has 5 N–H and O–H groups in total. The van der Waals surface area contributed by atoms with Gasteiger partial charge in [-0.1, -0.05) is 11.8 Å². The van der Waals surface area contributed by atoms with Gasteiger partial charge in [0, 0.05) is 12.1 Å². The largest absolute Gasteiger partial charge is 0.351 e. The number of amides is 1. The molecule has 0 unspecified atom stereocenters. The molecule has 20 heavy (non-hydrogen) atoms. The number of sulfonamides is 1. The molecule has 0 atom stereocenters. The van der Waals surface area contributed by atoms with Gasteiger partial charge in [-0.3, -0.25) is 4.79 Å². The van der Waals surface area contributed by atoms with Crippen molar-refractivity contribution >= 4 is 15.9 Å². The third-order valence-corrected chi connectivity index (χ3v) is 3.00. The smallest absolute Gasteiger partial charge is 0.252 e. The number of halogens is 1. The van der Waals surface area contributed by atoms with Crippen LogP contribution in [0.3, 0.4) is 0 Å². The number of hydrogen-bond acceptors (Lipinski definition) is 4. The van der Waals surface area contributed by atoms with Crippen molar-refractivity contribution in [3.05, 3.63) is 35.1 Å². The van der Waals surface area contributed by atoms with Crippen LogP contribution in [0.2, 0.25) is 0 Å². The number of primary sulfonamides is 1. The number of benzene rings is 1. The number of carbonyl (C=O) groups is 1. The summed E-state index contributed by atoms with van der Waals surface area (Å²) in [6.07, 6.45) is 0. The summed E-state index contributed by atoms with van der Waals surface area (Å²) in [4.78, 5) is 11.9. The SMILES string of the molecule is NCC#Cc1cc(F)ccc1C(=O)NCCS(N)(=O)=O. The van der Waals surface area contributed by atoms with Gasteiger partial charge >= 0.3 is 0 Å². The van der Waals surface area contributed by atoms with E-state index in [2.05, 4.69) is 17.2 Å². The zero-order valence-corrected chi connectivity index (χ0v) is 11.3. The van der Waals surface area contributed by atoms with Gasteiger partial charge in [0.1, 0.15) is 5.82 Å². The van der Waals surface area contributed by atoms with Crippen LogP contribution in [0.4, 0.5) is 4.39 Å². The van der Waals surface area contributed by atoms with E-state index >= 15 is 0 Å². The van der Waals surface area contributed by atoms with Gasteiger partial charge in [0.25, 0.3) is 5.91 Å². The van der Waals surface area contributed by atoms with Gasteiger partial charge in [0.15, 0.2) is 0 Å². The van der Waals surface area contributed by atoms with Gasteiger partial charge in [-0.15, -0.1) is 0 Å². The topological polar surface area (TPSA) is 115 Å². The Morgan fingerprint density at radius 3 is 2.70 bits per heavy atom. The minimum absolute atomic E-state index is 0.0724. The monoisotopic (exact) mass is 299 g/mol. The summed E-state index contributed by atoms with van der Waals surface area (Å²) in [7, 11) is -3.65. The lowest BCUT2D eigenvalue weighted by Crippen LogP contribution is -2.31. The fourth-order valence-electron chi connectivity index (χ4n) is 1.37. The Hall–Kier alpha value is -1.95. The summed E-state index contributed by atoms with van der Waals surface area (Å²) in [5.74, 6) is 3.62. The summed E-state index contributed by atoms with van der Waals surface area (Å²) < 4.78 is 34.6. The Kier molecular flexibility index (Phi) is 5.64. The van der Waals surface area contributed by atoms with Crippen molar-refractivity contribution in [2.75, 3.05) is 18.8 Å². The molecule has 0 fully saturated rings. The quantitative estimate of drug-likeness (QED) is 0.628. The first kappa shape index (κ1) is 16.1. The fourth-order valence-corrected chi connectivity index (χ4v) is 1.75. The normalized spacial score (nSPS) is 10.6. The number of carbonyl (C=O) groups excluding carboxylic acids is 1. The van der Waals surface area contributed by atoms with Crippen molar-refractivity contribution in [3.8, 4) is 11.8 Å². The minimum atomic E-state index is -3.65. The second-order valence-corrected chi connectivity index (χ2v) is 5.55. The minimum Gasteiger partial charge on any atom is -0.351 e. The second kappa shape index (κ2) is 7.00. The summed E-state index contributed by atoms with van der Waals surface area (Å²) in [6.45, 7) is -0.0677. The summed E-state index contributed by atoms with van der Waals surface area (Å²) in [5.41, 5.74) is 5.54. The van der Waals surface area contributed by atoms with Gasteiger partial charge in [-0.25, -0.2) is 17.9 Å². The van der Waals surface area contributed by atoms with Crippen LogP contribution >= 0.6 is 0 Å². The Morgan fingerprint density at radius 2 is 2.10 bits per heavy atom. The van der Waals surface area contributed by atoms with Crippen molar-refractivity contribution < 1.29 is 17.6 Å². The third-order valence-electron chi connectivity index (χ3n) is 2.22. The molecule has 108 valence electrons. The molecule has 0 aromatic heterocycles. The highest BCUT2D eigenvalue weighted by atomic mass is 32.2. The third kappa shape index (κ3) is 5.36. The molecule has 0 radical (unpaired) electrons. The van der Waals surface area contributed by atoms with E-state index < -0.39 is 21.7 Å². The molecule has 1 aromatic rings. The van der Waals surface area contributed by atoms with E-state index in [4.69, 9.17) is 10.9 Å². The molecule has 0 saturated carbocycles. The van der Waals surface area contributed by atoms with Crippen molar-refractivity contribution in [3.63, 3.8) is 0 Å². The van der Waals surface area contributed by atoms with Gasteiger partial charge < -0.3 is 11.1 Å². The van der Waals surface area contributed by atoms with E-state index in [9.17, 15) is 17.6 Å². The first-order chi connectivity index (χ1) is 9.33. The molecule has 0 aliphatic carbocycles. The standard InChI is InChI=1S/C12H14FN3O3S/c13-10-3-4-11(9(8-10)2-1-5-14)12(17)16-6-7-20(15,18)19/h3-4,8H,5-7,14H2,(H,16,17)(H2,15,18,19). The van der Waals surface area contributed by atoms with Crippen molar-refractivity contribution in [1.29, 1.82) is 0 Å². The first-order valence-electron chi connectivity index (χ1n) is 5.60. The fraction of sp³-hybridized carbons (Fsp3) is 0.250. The van der Waals surface area contributed by atoms with Gasteiger partial charge in [0.05, 0.1) is 17.9 Å². The number of nitrogens with one attached hydrogen (secondary N) is 1. The Bertz CT molecular complexity index is 662. The van der Waals surface area contributed by atoms with Gasteiger partial charge in [-0.2, -0.15) is 0 Å². The highest BCUT2D eigenvalue weighted by molar-refractivity contribution is 7.89. The van der Waals surface area contributed by atoms with E-state index in [1.165, 1.54) is 6.07 Å². The van der Waals surface area contributed by atoms with Crippen LogP contribution in [0.25, 0.3) is 0 Å². The number of rotatable bonds is 4. The molecule has 0 saturated heterocycles. The molecular weight excluding hydrogens is 285 g/mol. The average molecular weight is 299 g/mol. The summed E-state index contributed by atoms with van der Waals surface area (Å²) in [6, 6.07) is 3.49. The Balaban J connectivity index is 2.87. The molecule has 8 heteroatoms. The van der Waals surface area contributed by atoms with Crippen molar-refractivity contribution in [2.45, 2.75) is 0 Å². The van der Waals surface area contributed by atoms with E-state index in [1.54, 1.807) is 0 Å². The lowest BCUT2D eigenvalue weighted by atomic mass is 10.1. The molecule has 0 bridgehead atoms. The molecule has 6 nitrogen and oxygen atoms in total. The zero-order chi connectivity index (χ0) is 15.2. The number of hydrogen-bond donors (Lipinski definition) is 3. The predicted molar refractivity (Wildman–Crippen MR) is 72.6 cm³/mol. The van der Waals surface area contributed by atoms with Gasteiger partial charge in [0.2, 0.25) is 10.0 Å². The van der Waals surface area contributed by atoms with Crippen molar-refractivity contribution in [1.82, 2.24) is 5.32 Å². The van der Waals surface area contributed by atoms with Crippen molar-refractivity contribution in [2.24, 2.45) is 10.9 Å². The van der Waals surface area contributed by atoms with Crippen LogP contribution in [0.15, 0.2) is 18.2 Å². The lowest BCUT2D eigenvalue weighted by molar-refractivity contribution is 0.0956. The summed E-state index contributed by atoms with van der Waals surface area (Å²) >= 11 is 0. The van der Waals surface area contributed by atoms with E-state index in [-0.39, 0.29) is 30.0 Å². The predicted octanol–water partition coefficient (Wildman–Crippen LogP) is -0.846. The van der Waals surface area contributed by atoms with E-state index in [0.29, 0.717) is 0 Å². The van der Waals surface area contributed by atoms with Crippen LogP contribution in [0.1, 0.15) is 15.9 Å². The van der Waals surface area contributed by atoms with Crippen LogP contribution in [-0.4, -0.2) is 33.2 Å². The maximum Gasteiger partial charge on any atom is 0.252 e. The highest BCUT2D eigenvalue weighted by Gasteiger charge is 2.12. The van der Waals surface area contributed by atoms with Gasteiger partial charge in [-0.05, 0) is 18.2 Å². The molecular formula is C12H14FN3O3S. The van der Waals surface area contributed by atoms with Crippen LogP contribution in [-0.2, 0) is 10.0 Å². The maximum absolute atomic E-state index is 13.1. The van der Waals surface area contributed by atoms with Crippen LogP contribution in [0.5, 0.6) is 0 Å². The first-order valence-corrected chi connectivity index (χ1v) is 7.32. The Labute approximate surface area is 116 Å². The molecule has 1 amide bonds.